The Kier molecular flexibility index (Phi) is 7.58. The second-order valence-corrected chi connectivity index (χ2v) is 12.5. The highest BCUT2D eigenvalue weighted by molar-refractivity contribution is 7.10. The predicted octanol–water partition coefficient (Wildman–Crippen LogP) is 5.72. The van der Waals surface area contributed by atoms with Crippen molar-refractivity contribution in [2.24, 2.45) is 0 Å². The molecule has 0 aliphatic carbocycles. The lowest BCUT2D eigenvalue weighted by Gasteiger charge is -2.41. The molecule has 0 amide bonds. The van der Waals surface area contributed by atoms with E-state index in [1.54, 1.807) is 32.2 Å². The highest BCUT2D eigenvalue weighted by Crippen LogP contribution is 2.50. The molecular weight excluding hydrogens is 491 g/mol. The van der Waals surface area contributed by atoms with E-state index < -0.39 is 23.0 Å². The Morgan fingerprint density at radius 2 is 1.69 bits per heavy atom. The zero-order valence-corrected chi connectivity index (χ0v) is 23.0. The Labute approximate surface area is 214 Å². The zero-order valence-electron chi connectivity index (χ0n) is 22.2. The number of halogens is 3. The highest BCUT2D eigenvalue weighted by Gasteiger charge is 2.44. The number of rotatable bonds is 4. The van der Waals surface area contributed by atoms with E-state index in [2.05, 4.69) is 10.2 Å². The number of phenolic OH excluding ortho intramolecular Hbond substituents is 1. The topological polar surface area (TPSA) is 74.7 Å². The van der Waals surface area contributed by atoms with Crippen LogP contribution < -0.4 is 10.1 Å². The van der Waals surface area contributed by atoms with Gasteiger partial charge in [-0.15, -0.1) is 11.3 Å². The smallest absolute Gasteiger partial charge is 0.491 e. The lowest BCUT2D eigenvalue weighted by atomic mass is 9.77. The summed E-state index contributed by atoms with van der Waals surface area (Å²) >= 11 is 1.44. The Bertz CT molecular complexity index is 1120. The first-order valence-electron chi connectivity index (χ1n) is 11.9. The van der Waals surface area contributed by atoms with Crippen molar-refractivity contribution in [1.29, 1.82) is 0 Å². The normalized spacial score (nSPS) is 16.9. The SMILES string of the molecule is CN(C)C1(c2nc(-c3cc(C(C)(C)C)c(O)c(C(C)(C)C)c3OC(=O)C(F)(F)F)cs2)CCNCC1. The highest BCUT2D eigenvalue weighted by atomic mass is 32.1. The summed E-state index contributed by atoms with van der Waals surface area (Å²) in [5, 5.41) is 17.2. The second-order valence-electron chi connectivity index (χ2n) is 11.6. The molecule has 0 saturated carbocycles. The molecule has 0 spiro atoms. The van der Waals surface area contributed by atoms with Gasteiger partial charge in [0.1, 0.15) is 16.5 Å². The van der Waals surface area contributed by atoms with Crippen LogP contribution in [0.5, 0.6) is 11.5 Å². The first-order valence-corrected chi connectivity index (χ1v) is 12.8. The number of aromatic nitrogens is 1. The standard InChI is InChI=1S/C26H36F3N3O3S/c1-23(2,3)16-13-15(17-14-36-21(31-17)25(32(7)8)9-11-30-12-10-25)20(35-22(34)26(27,28)29)18(19(16)33)24(4,5)6/h13-14,30,33H,9-12H2,1-8H3. The predicted molar refractivity (Wildman–Crippen MR) is 136 cm³/mol. The summed E-state index contributed by atoms with van der Waals surface area (Å²) in [5.74, 6) is -2.82. The average molecular weight is 528 g/mol. The van der Waals surface area contributed by atoms with E-state index in [0.29, 0.717) is 11.3 Å². The maximum Gasteiger partial charge on any atom is 0.491 e. The van der Waals surface area contributed by atoms with E-state index in [1.165, 1.54) is 11.3 Å². The van der Waals surface area contributed by atoms with E-state index in [-0.39, 0.29) is 28.2 Å². The molecule has 1 aliphatic rings. The molecule has 1 fully saturated rings. The van der Waals surface area contributed by atoms with E-state index in [1.807, 2.05) is 34.9 Å². The summed E-state index contributed by atoms with van der Waals surface area (Å²) in [4.78, 5) is 19.1. The number of phenols is 1. The Balaban J connectivity index is 2.32. The molecule has 0 unspecified atom stereocenters. The minimum absolute atomic E-state index is 0.140. The number of ether oxygens (including phenoxy) is 1. The van der Waals surface area contributed by atoms with E-state index in [9.17, 15) is 23.1 Å². The lowest BCUT2D eigenvalue weighted by Crippen LogP contribution is -2.49. The van der Waals surface area contributed by atoms with E-state index in [4.69, 9.17) is 9.72 Å². The number of hydrogen-bond acceptors (Lipinski definition) is 7. The zero-order chi connectivity index (χ0) is 27.3. The first-order chi connectivity index (χ1) is 16.4. The summed E-state index contributed by atoms with van der Waals surface area (Å²) < 4.78 is 44.9. The van der Waals surface area contributed by atoms with Gasteiger partial charge in [-0.05, 0) is 56.9 Å². The molecule has 10 heteroatoms. The van der Waals surface area contributed by atoms with Gasteiger partial charge in [0.25, 0.3) is 0 Å². The van der Waals surface area contributed by atoms with Gasteiger partial charge >= 0.3 is 12.1 Å². The van der Waals surface area contributed by atoms with Crippen LogP contribution in [0.2, 0.25) is 0 Å². The van der Waals surface area contributed by atoms with Crippen molar-refractivity contribution < 1.29 is 27.8 Å². The van der Waals surface area contributed by atoms with E-state index >= 15 is 0 Å². The molecule has 36 heavy (non-hydrogen) atoms. The van der Waals surface area contributed by atoms with Crippen LogP contribution in [-0.4, -0.2) is 54.3 Å². The van der Waals surface area contributed by atoms with Gasteiger partial charge in [0, 0.05) is 22.1 Å². The van der Waals surface area contributed by atoms with Crippen LogP contribution in [0.1, 0.15) is 70.5 Å². The Morgan fingerprint density at radius 1 is 1.11 bits per heavy atom. The van der Waals surface area contributed by atoms with Crippen molar-refractivity contribution in [1.82, 2.24) is 15.2 Å². The number of alkyl halides is 3. The fourth-order valence-electron chi connectivity index (χ4n) is 4.67. The molecule has 1 aliphatic heterocycles. The molecule has 1 saturated heterocycles. The van der Waals surface area contributed by atoms with Crippen LogP contribution in [0.4, 0.5) is 13.2 Å². The van der Waals surface area contributed by atoms with Gasteiger partial charge in [0.05, 0.1) is 11.2 Å². The molecule has 3 rings (SSSR count). The van der Waals surface area contributed by atoms with Crippen molar-refractivity contribution in [3.05, 3.63) is 27.6 Å². The Morgan fingerprint density at radius 3 is 2.17 bits per heavy atom. The largest absolute Gasteiger partial charge is 0.507 e. The first kappa shape index (κ1) is 28.4. The molecule has 1 aromatic heterocycles. The van der Waals surface area contributed by atoms with Crippen LogP contribution in [0, 0.1) is 0 Å². The number of piperidine rings is 1. The Hall–Kier alpha value is -2.17. The molecular formula is C26H36F3N3O3S. The monoisotopic (exact) mass is 527 g/mol. The third-order valence-corrected chi connectivity index (χ3v) is 7.74. The third kappa shape index (κ3) is 5.40. The van der Waals surface area contributed by atoms with Crippen LogP contribution >= 0.6 is 11.3 Å². The summed E-state index contributed by atoms with van der Waals surface area (Å²) in [5.41, 5.74) is -0.340. The molecule has 200 valence electrons. The molecule has 2 aromatic rings. The fourth-order valence-corrected chi connectivity index (χ4v) is 5.83. The summed E-state index contributed by atoms with van der Waals surface area (Å²) in [6.07, 6.45) is -3.53. The van der Waals surface area contributed by atoms with Crippen molar-refractivity contribution in [3.63, 3.8) is 0 Å². The minimum Gasteiger partial charge on any atom is -0.507 e. The molecule has 0 atom stereocenters. The number of hydrogen-bond donors (Lipinski definition) is 2. The van der Waals surface area contributed by atoms with Crippen LogP contribution in [0.3, 0.4) is 0 Å². The summed E-state index contributed by atoms with van der Waals surface area (Å²) in [6.45, 7) is 12.6. The molecule has 1 aromatic carbocycles. The number of carbonyl (C=O) groups is 1. The number of nitrogens with one attached hydrogen (secondary N) is 1. The van der Waals surface area contributed by atoms with Gasteiger partial charge in [0.2, 0.25) is 0 Å². The molecule has 2 heterocycles. The number of benzene rings is 1. The van der Waals surface area contributed by atoms with Gasteiger partial charge in [-0.25, -0.2) is 9.78 Å². The van der Waals surface area contributed by atoms with Crippen molar-refractivity contribution >= 4 is 17.3 Å². The number of esters is 1. The molecule has 2 N–H and O–H groups in total. The minimum atomic E-state index is -5.19. The van der Waals surface area contributed by atoms with Crippen molar-refractivity contribution in [2.45, 2.75) is 76.9 Å². The van der Waals surface area contributed by atoms with Gasteiger partial charge in [-0.2, -0.15) is 13.2 Å². The average Bonchev–Trinajstić information content (AvgIpc) is 3.22. The molecule has 0 radical (unpaired) electrons. The fraction of sp³-hybridized carbons (Fsp3) is 0.615. The second kappa shape index (κ2) is 9.61. The molecule has 0 bridgehead atoms. The number of aromatic hydroxyl groups is 1. The van der Waals surface area contributed by atoms with Gasteiger partial charge in [-0.3, -0.25) is 4.90 Å². The third-order valence-electron chi connectivity index (χ3n) is 6.70. The van der Waals surface area contributed by atoms with Crippen molar-refractivity contribution in [3.8, 4) is 22.8 Å². The van der Waals surface area contributed by atoms with Gasteiger partial charge in [-0.1, -0.05) is 41.5 Å². The van der Waals surface area contributed by atoms with Gasteiger partial charge < -0.3 is 15.2 Å². The van der Waals surface area contributed by atoms with Crippen molar-refractivity contribution in [2.75, 3.05) is 27.2 Å². The van der Waals surface area contributed by atoms with Crippen LogP contribution in [0.15, 0.2) is 11.4 Å². The maximum atomic E-state index is 13.3. The summed E-state index contributed by atoms with van der Waals surface area (Å²) in [7, 11) is 4.00. The van der Waals surface area contributed by atoms with Crippen LogP contribution in [-0.2, 0) is 21.2 Å². The lowest BCUT2D eigenvalue weighted by molar-refractivity contribution is -0.189. The number of thiazole rings is 1. The summed E-state index contributed by atoms with van der Waals surface area (Å²) in [6, 6.07) is 1.60. The van der Waals surface area contributed by atoms with E-state index in [0.717, 1.165) is 30.9 Å². The number of nitrogens with zero attached hydrogens (tertiary/aromatic N) is 2. The van der Waals surface area contributed by atoms with Gasteiger partial charge in [0.15, 0.2) is 0 Å². The van der Waals surface area contributed by atoms with Crippen LogP contribution in [0.25, 0.3) is 11.3 Å². The molecule has 6 nitrogen and oxygen atoms in total. The maximum absolute atomic E-state index is 13.3. The quantitative estimate of drug-likeness (QED) is 0.391. The number of carbonyl (C=O) groups excluding carboxylic acids is 1.